The van der Waals surface area contributed by atoms with E-state index in [0.29, 0.717) is 15.6 Å². The maximum atomic E-state index is 5.94. The van der Waals surface area contributed by atoms with Crippen molar-refractivity contribution in [2.24, 2.45) is 0 Å². The molecule has 0 saturated carbocycles. The Labute approximate surface area is 141 Å². The van der Waals surface area contributed by atoms with Crippen molar-refractivity contribution < 1.29 is 4.74 Å². The number of ether oxygens (including phenoxy) is 1. The van der Waals surface area contributed by atoms with Crippen LogP contribution >= 0.6 is 23.2 Å². The topological polar surface area (TPSA) is 9.23 Å². The summed E-state index contributed by atoms with van der Waals surface area (Å²) in [6.07, 6.45) is 0. The number of halogens is 2. The fourth-order valence-corrected chi connectivity index (χ4v) is 1.94. The first-order chi connectivity index (χ1) is 10.4. The van der Waals surface area contributed by atoms with E-state index in [2.05, 4.69) is 18.4 Å². The molecule has 2 aromatic rings. The largest absolute Gasteiger partial charge is 0.483 e. The van der Waals surface area contributed by atoms with E-state index in [9.17, 15) is 0 Å². The molecule has 0 aliphatic carbocycles. The smallest absolute Gasteiger partial charge is 0.135 e. The third-order valence-corrected chi connectivity index (χ3v) is 3.62. The van der Waals surface area contributed by atoms with Crippen molar-refractivity contribution in [1.82, 2.24) is 0 Å². The summed E-state index contributed by atoms with van der Waals surface area (Å²) in [7, 11) is 0. The number of hydrogen-bond donors (Lipinski definition) is 0. The van der Waals surface area contributed by atoms with E-state index in [1.54, 1.807) is 12.1 Å². The molecule has 0 aliphatic heterocycles. The molecule has 2 aromatic carbocycles. The predicted octanol–water partition coefficient (Wildman–Crippen LogP) is 5.76. The van der Waals surface area contributed by atoms with Gasteiger partial charge in [0.1, 0.15) is 11.4 Å². The van der Waals surface area contributed by atoms with Gasteiger partial charge in [-0.1, -0.05) is 41.6 Å². The highest BCUT2D eigenvalue weighted by molar-refractivity contribution is 6.30. The average Bonchev–Trinajstić information content (AvgIpc) is 2.48. The molecule has 2 rings (SSSR count). The molecule has 0 atom stereocenters. The van der Waals surface area contributed by atoms with E-state index in [-0.39, 0.29) is 0 Å². The average molecular weight is 331 g/mol. The van der Waals surface area contributed by atoms with Gasteiger partial charge in [-0.15, -0.1) is 0 Å². The molecule has 0 fully saturated rings. The van der Waals surface area contributed by atoms with Crippen molar-refractivity contribution in [3.8, 4) is 17.6 Å². The highest BCUT2D eigenvalue weighted by atomic mass is 35.5. The molecular formula is C19H16Cl2O. The fraction of sp³-hybridized carbons (Fsp3) is 0.158. The van der Waals surface area contributed by atoms with Crippen molar-refractivity contribution in [1.29, 1.82) is 0 Å². The zero-order chi connectivity index (χ0) is 16.2. The molecule has 0 unspecified atom stereocenters. The molecule has 0 bridgehead atoms. The molecule has 0 saturated heterocycles. The summed E-state index contributed by atoms with van der Waals surface area (Å²) in [5.74, 6) is 6.84. The summed E-state index contributed by atoms with van der Waals surface area (Å²) in [6, 6.07) is 14.6. The van der Waals surface area contributed by atoms with Gasteiger partial charge in [0.05, 0.1) is 0 Å². The van der Waals surface area contributed by atoms with E-state index >= 15 is 0 Å². The third-order valence-electron chi connectivity index (χ3n) is 3.12. The molecule has 112 valence electrons. The summed E-state index contributed by atoms with van der Waals surface area (Å²) >= 11 is 11.7. The van der Waals surface area contributed by atoms with Crippen LogP contribution in [0.3, 0.4) is 0 Å². The minimum Gasteiger partial charge on any atom is -0.483 e. The molecule has 3 heteroatoms. The lowest BCUT2D eigenvalue weighted by Crippen LogP contribution is -2.29. The fourth-order valence-electron chi connectivity index (χ4n) is 1.69. The van der Waals surface area contributed by atoms with E-state index in [1.165, 1.54) is 0 Å². The van der Waals surface area contributed by atoms with Gasteiger partial charge >= 0.3 is 0 Å². The normalized spacial score (nSPS) is 10.5. The molecule has 1 nitrogen and oxygen atoms in total. The van der Waals surface area contributed by atoms with Gasteiger partial charge < -0.3 is 4.74 Å². The first-order valence-electron chi connectivity index (χ1n) is 6.78. The summed E-state index contributed by atoms with van der Waals surface area (Å²) < 4.78 is 5.94. The van der Waals surface area contributed by atoms with Crippen LogP contribution in [0.5, 0.6) is 5.75 Å². The first kappa shape index (κ1) is 16.5. The van der Waals surface area contributed by atoms with Crippen LogP contribution < -0.4 is 4.74 Å². The molecule has 0 aliphatic rings. The second kappa shape index (κ2) is 6.92. The maximum absolute atomic E-state index is 5.94. The van der Waals surface area contributed by atoms with Gasteiger partial charge in [-0.3, -0.25) is 0 Å². The van der Waals surface area contributed by atoms with Crippen LogP contribution in [0.25, 0.3) is 0 Å². The second-order valence-electron chi connectivity index (χ2n) is 5.30. The van der Waals surface area contributed by atoms with Gasteiger partial charge in [0, 0.05) is 21.2 Å². The van der Waals surface area contributed by atoms with Gasteiger partial charge in [-0.05, 0) is 62.4 Å². The van der Waals surface area contributed by atoms with Gasteiger partial charge in [0.25, 0.3) is 0 Å². The SMILES string of the molecule is C=C(C#Cc1ccc(Cl)cc1)C(C)(C)Oc1ccc(Cl)cc1. The highest BCUT2D eigenvalue weighted by Crippen LogP contribution is 2.24. The molecule has 0 amide bonds. The minimum absolute atomic E-state index is 0.604. The summed E-state index contributed by atoms with van der Waals surface area (Å²) in [6.45, 7) is 7.88. The molecule has 0 heterocycles. The Bertz CT molecular complexity index is 717. The van der Waals surface area contributed by atoms with E-state index < -0.39 is 5.60 Å². The van der Waals surface area contributed by atoms with Crippen LogP contribution in [0.4, 0.5) is 0 Å². The summed E-state index contributed by atoms with van der Waals surface area (Å²) in [5.41, 5.74) is 0.970. The molecule has 0 aromatic heterocycles. The Balaban J connectivity index is 2.10. The zero-order valence-electron chi connectivity index (χ0n) is 12.5. The Morgan fingerprint density at radius 1 is 0.955 bits per heavy atom. The van der Waals surface area contributed by atoms with Crippen LogP contribution in [-0.4, -0.2) is 5.60 Å². The molecule has 0 spiro atoms. The van der Waals surface area contributed by atoms with Crippen LogP contribution in [-0.2, 0) is 0 Å². The van der Waals surface area contributed by atoms with Crippen LogP contribution in [0, 0.1) is 11.8 Å². The van der Waals surface area contributed by atoms with E-state index in [4.69, 9.17) is 27.9 Å². The summed E-state index contributed by atoms with van der Waals surface area (Å²) in [5, 5.41) is 1.36. The lowest BCUT2D eigenvalue weighted by molar-refractivity contribution is 0.154. The lowest BCUT2D eigenvalue weighted by Gasteiger charge is -2.26. The predicted molar refractivity (Wildman–Crippen MR) is 93.6 cm³/mol. The number of hydrogen-bond acceptors (Lipinski definition) is 1. The van der Waals surface area contributed by atoms with Crippen LogP contribution in [0.1, 0.15) is 19.4 Å². The van der Waals surface area contributed by atoms with Crippen LogP contribution in [0.2, 0.25) is 10.0 Å². The van der Waals surface area contributed by atoms with Gasteiger partial charge in [-0.2, -0.15) is 0 Å². The number of rotatable bonds is 3. The van der Waals surface area contributed by atoms with Gasteiger partial charge in [-0.25, -0.2) is 0 Å². The standard InChI is InChI=1S/C19H16Cl2O/c1-14(4-5-15-6-8-16(20)9-7-15)19(2,3)22-18-12-10-17(21)11-13-18/h6-13H,1H2,2-3H3. The molecule has 0 N–H and O–H groups in total. The minimum atomic E-state index is -0.604. The quantitative estimate of drug-likeness (QED) is 0.650. The van der Waals surface area contributed by atoms with E-state index in [0.717, 1.165) is 11.3 Å². The van der Waals surface area contributed by atoms with Gasteiger partial charge in [0.2, 0.25) is 0 Å². The Kier molecular flexibility index (Phi) is 5.19. The monoisotopic (exact) mass is 330 g/mol. The maximum Gasteiger partial charge on any atom is 0.135 e. The summed E-state index contributed by atoms with van der Waals surface area (Å²) in [4.78, 5) is 0. The second-order valence-corrected chi connectivity index (χ2v) is 6.17. The molecular weight excluding hydrogens is 315 g/mol. The van der Waals surface area contributed by atoms with Crippen molar-refractivity contribution in [3.63, 3.8) is 0 Å². The van der Waals surface area contributed by atoms with Gasteiger partial charge in [0.15, 0.2) is 0 Å². The van der Waals surface area contributed by atoms with Crippen molar-refractivity contribution in [2.45, 2.75) is 19.4 Å². The van der Waals surface area contributed by atoms with Crippen LogP contribution in [0.15, 0.2) is 60.7 Å². The zero-order valence-corrected chi connectivity index (χ0v) is 14.0. The first-order valence-corrected chi connectivity index (χ1v) is 7.54. The van der Waals surface area contributed by atoms with Crippen molar-refractivity contribution in [2.75, 3.05) is 0 Å². The Hall–Kier alpha value is -1.88. The highest BCUT2D eigenvalue weighted by Gasteiger charge is 2.22. The number of benzene rings is 2. The molecule has 0 radical (unpaired) electrons. The Morgan fingerprint density at radius 3 is 2.00 bits per heavy atom. The lowest BCUT2D eigenvalue weighted by atomic mass is 9.99. The van der Waals surface area contributed by atoms with Crippen molar-refractivity contribution in [3.05, 3.63) is 76.3 Å². The van der Waals surface area contributed by atoms with Crippen molar-refractivity contribution >= 4 is 23.2 Å². The molecule has 22 heavy (non-hydrogen) atoms. The van der Waals surface area contributed by atoms with E-state index in [1.807, 2.05) is 50.2 Å². The Morgan fingerprint density at radius 2 is 1.45 bits per heavy atom. The third kappa shape index (κ3) is 4.56.